The van der Waals surface area contributed by atoms with Crippen LogP contribution < -0.4 is 5.32 Å². The number of nitrogens with zero attached hydrogens (tertiary/aromatic N) is 1. The van der Waals surface area contributed by atoms with E-state index in [1.54, 1.807) is 6.20 Å². The van der Waals surface area contributed by atoms with Crippen molar-refractivity contribution in [1.82, 2.24) is 10.3 Å². The first-order valence-electron chi connectivity index (χ1n) is 9.99. The fraction of sp³-hybridized carbons (Fsp3) is 0.545. The maximum atomic E-state index is 11.9. The molecule has 1 heterocycles. The van der Waals surface area contributed by atoms with Crippen molar-refractivity contribution in [2.24, 2.45) is 0 Å². The summed E-state index contributed by atoms with van der Waals surface area (Å²) in [6, 6.07) is 8.33. The molecule has 27 heavy (non-hydrogen) atoms. The zero-order valence-corrected chi connectivity index (χ0v) is 16.8. The topological polar surface area (TPSA) is 64.4 Å². The summed E-state index contributed by atoms with van der Waals surface area (Å²) in [6.07, 6.45) is 5.68. The zero-order valence-electron chi connectivity index (χ0n) is 16.8. The second-order valence-corrected chi connectivity index (χ2v) is 7.06. The van der Waals surface area contributed by atoms with Crippen LogP contribution in [0.15, 0.2) is 34.9 Å². The van der Waals surface area contributed by atoms with Crippen molar-refractivity contribution in [3.8, 4) is 11.3 Å². The first-order chi connectivity index (χ1) is 13.1. The molecule has 0 aliphatic rings. The van der Waals surface area contributed by atoms with Crippen molar-refractivity contribution >= 4 is 5.91 Å². The van der Waals surface area contributed by atoms with Crippen molar-refractivity contribution < 1.29 is 13.9 Å². The van der Waals surface area contributed by atoms with Gasteiger partial charge in [0.1, 0.15) is 0 Å². The number of ether oxygens (including phenoxy) is 1. The molecule has 0 aliphatic carbocycles. The summed E-state index contributed by atoms with van der Waals surface area (Å²) in [5, 5.41) is 2.91. The molecule has 0 spiro atoms. The van der Waals surface area contributed by atoms with Crippen LogP contribution in [-0.4, -0.2) is 30.6 Å². The lowest BCUT2D eigenvalue weighted by molar-refractivity contribution is -0.121. The third-order valence-corrected chi connectivity index (χ3v) is 4.41. The molecular weight excluding hydrogens is 340 g/mol. The van der Waals surface area contributed by atoms with E-state index in [0.29, 0.717) is 37.8 Å². The lowest BCUT2D eigenvalue weighted by atomic mass is 10.0. The van der Waals surface area contributed by atoms with Gasteiger partial charge in [-0.25, -0.2) is 4.98 Å². The van der Waals surface area contributed by atoms with Crippen molar-refractivity contribution in [3.05, 3.63) is 41.9 Å². The standard InChI is InChI=1S/C22H32N2O3/c1-4-5-14-26-15-6-13-23-21(25)11-12-22-24-16-20(27-22)19-9-7-18(8-10-19)17(2)3/h7-10,16-17H,4-6,11-15H2,1-3H3,(H,23,25). The molecule has 0 fully saturated rings. The number of amides is 1. The van der Waals surface area contributed by atoms with Crippen LogP contribution in [0.1, 0.15) is 63.8 Å². The van der Waals surface area contributed by atoms with Crippen molar-refractivity contribution in [3.63, 3.8) is 0 Å². The van der Waals surface area contributed by atoms with Gasteiger partial charge in [-0.15, -0.1) is 0 Å². The van der Waals surface area contributed by atoms with Gasteiger partial charge in [-0.05, 0) is 24.3 Å². The Bertz CT molecular complexity index is 677. The summed E-state index contributed by atoms with van der Waals surface area (Å²) in [5.74, 6) is 1.86. The lowest BCUT2D eigenvalue weighted by Crippen LogP contribution is -2.25. The average Bonchev–Trinajstić information content (AvgIpc) is 3.15. The van der Waals surface area contributed by atoms with Gasteiger partial charge >= 0.3 is 0 Å². The number of hydrogen-bond donors (Lipinski definition) is 1. The van der Waals surface area contributed by atoms with Crippen LogP contribution in [0.25, 0.3) is 11.3 Å². The van der Waals surface area contributed by atoms with Gasteiger partial charge in [-0.2, -0.15) is 0 Å². The summed E-state index contributed by atoms with van der Waals surface area (Å²) in [6.45, 7) is 8.63. The van der Waals surface area contributed by atoms with Gasteiger partial charge in [-0.1, -0.05) is 51.5 Å². The third-order valence-electron chi connectivity index (χ3n) is 4.41. The predicted octanol–water partition coefficient (Wildman–Crippen LogP) is 4.72. The molecule has 1 N–H and O–H groups in total. The van der Waals surface area contributed by atoms with Gasteiger partial charge in [0.15, 0.2) is 11.7 Å². The van der Waals surface area contributed by atoms with Crippen molar-refractivity contribution in [1.29, 1.82) is 0 Å². The molecule has 5 heteroatoms. The summed E-state index contributed by atoms with van der Waals surface area (Å²) < 4.78 is 11.3. The van der Waals surface area contributed by atoms with E-state index in [1.165, 1.54) is 5.56 Å². The maximum Gasteiger partial charge on any atom is 0.220 e. The minimum absolute atomic E-state index is 0.0181. The molecule has 1 aromatic carbocycles. The molecule has 0 saturated carbocycles. The maximum absolute atomic E-state index is 11.9. The Hall–Kier alpha value is -2.14. The van der Waals surface area contributed by atoms with E-state index in [1.807, 2.05) is 0 Å². The molecule has 0 bridgehead atoms. The second kappa shape index (κ2) is 11.5. The minimum Gasteiger partial charge on any atom is -0.441 e. The number of aromatic nitrogens is 1. The highest BCUT2D eigenvalue weighted by molar-refractivity contribution is 5.76. The zero-order chi connectivity index (χ0) is 19.5. The largest absolute Gasteiger partial charge is 0.441 e. The number of carbonyl (C=O) groups is 1. The molecular formula is C22H32N2O3. The summed E-state index contributed by atoms with van der Waals surface area (Å²) in [4.78, 5) is 16.2. The Kier molecular flexibility index (Phi) is 9.05. The monoisotopic (exact) mass is 372 g/mol. The minimum atomic E-state index is 0.0181. The molecule has 0 atom stereocenters. The molecule has 2 rings (SSSR count). The van der Waals surface area contributed by atoms with E-state index in [-0.39, 0.29) is 5.91 Å². The van der Waals surface area contributed by atoms with Crippen LogP contribution in [0.4, 0.5) is 0 Å². The van der Waals surface area contributed by atoms with Crippen LogP contribution in [0.2, 0.25) is 0 Å². The van der Waals surface area contributed by atoms with E-state index in [9.17, 15) is 4.79 Å². The Morgan fingerprint density at radius 3 is 2.63 bits per heavy atom. The lowest BCUT2D eigenvalue weighted by Gasteiger charge is -2.05. The number of carbonyl (C=O) groups excluding carboxylic acids is 1. The SMILES string of the molecule is CCCCOCCCNC(=O)CCc1ncc(-c2ccc(C(C)C)cc2)o1. The smallest absolute Gasteiger partial charge is 0.220 e. The Labute approximate surface area is 162 Å². The first kappa shape index (κ1) is 21.2. The molecule has 5 nitrogen and oxygen atoms in total. The first-order valence-corrected chi connectivity index (χ1v) is 9.99. The van der Waals surface area contributed by atoms with Crippen molar-refractivity contribution in [2.75, 3.05) is 19.8 Å². The van der Waals surface area contributed by atoms with Crippen LogP contribution >= 0.6 is 0 Å². The van der Waals surface area contributed by atoms with E-state index >= 15 is 0 Å². The van der Waals surface area contributed by atoms with Gasteiger partial charge < -0.3 is 14.5 Å². The molecule has 1 aromatic heterocycles. The average molecular weight is 373 g/mol. The van der Waals surface area contributed by atoms with Crippen LogP contribution in [0.5, 0.6) is 0 Å². The number of aryl methyl sites for hydroxylation is 1. The fourth-order valence-electron chi connectivity index (χ4n) is 2.65. The molecule has 148 valence electrons. The van der Waals surface area contributed by atoms with E-state index in [2.05, 4.69) is 55.3 Å². The molecule has 2 aromatic rings. The Morgan fingerprint density at radius 1 is 1.19 bits per heavy atom. The summed E-state index contributed by atoms with van der Waals surface area (Å²) in [7, 11) is 0. The van der Waals surface area contributed by atoms with Gasteiger partial charge in [0.05, 0.1) is 6.20 Å². The molecule has 0 aliphatic heterocycles. The van der Waals surface area contributed by atoms with Gasteiger partial charge in [0.2, 0.25) is 5.91 Å². The van der Waals surface area contributed by atoms with E-state index < -0.39 is 0 Å². The normalized spacial score (nSPS) is 11.1. The van der Waals surface area contributed by atoms with E-state index in [4.69, 9.17) is 9.15 Å². The predicted molar refractivity (Wildman–Crippen MR) is 108 cm³/mol. The number of benzene rings is 1. The second-order valence-electron chi connectivity index (χ2n) is 7.06. The molecule has 0 unspecified atom stereocenters. The number of oxazole rings is 1. The van der Waals surface area contributed by atoms with Crippen LogP contribution in [0, 0.1) is 0 Å². The fourth-order valence-corrected chi connectivity index (χ4v) is 2.65. The highest BCUT2D eigenvalue weighted by Gasteiger charge is 2.09. The van der Waals surface area contributed by atoms with Crippen molar-refractivity contribution in [2.45, 2.75) is 58.8 Å². The van der Waals surface area contributed by atoms with Gasteiger partial charge in [-0.3, -0.25) is 4.79 Å². The third kappa shape index (κ3) is 7.55. The highest BCUT2D eigenvalue weighted by Crippen LogP contribution is 2.23. The molecule has 0 saturated heterocycles. The van der Waals surface area contributed by atoms with Crippen LogP contribution in [-0.2, 0) is 16.0 Å². The number of nitrogens with one attached hydrogen (secondary N) is 1. The van der Waals surface area contributed by atoms with Gasteiger partial charge in [0, 0.05) is 38.2 Å². The highest BCUT2D eigenvalue weighted by atomic mass is 16.5. The quantitative estimate of drug-likeness (QED) is 0.548. The summed E-state index contributed by atoms with van der Waals surface area (Å²) >= 11 is 0. The Balaban J connectivity index is 1.69. The van der Waals surface area contributed by atoms with Gasteiger partial charge in [0.25, 0.3) is 0 Å². The number of rotatable bonds is 12. The molecule has 0 radical (unpaired) electrons. The number of hydrogen-bond acceptors (Lipinski definition) is 4. The van der Waals surface area contributed by atoms with E-state index in [0.717, 1.165) is 37.2 Å². The number of unbranched alkanes of at least 4 members (excludes halogenated alkanes) is 1. The Morgan fingerprint density at radius 2 is 1.93 bits per heavy atom. The summed E-state index contributed by atoms with van der Waals surface area (Å²) in [5.41, 5.74) is 2.30. The van der Waals surface area contributed by atoms with Crippen LogP contribution in [0.3, 0.4) is 0 Å². The molecule has 1 amide bonds.